The van der Waals surface area contributed by atoms with Gasteiger partial charge in [-0.2, -0.15) is 0 Å². The van der Waals surface area contributed by atoms with Crippen LogP contribution < -0.4 is 0 Å². The minimum atomic E-state index is -0.152. The number of benzene rings is 2. The average molecular weight is 529 g/mol. The summed E-state index contributed by atoms with van der Waals surface area (Å²) in [6.45, 7) is 0. The maximum atomic E-state index is 13.0. The molecule has 2 rings (SSSR count). The molecule has 0 atom stereocenters. The minimum absolute atomic E-state index is 0.152. The molecular formula is C17H16ClFI2. The molecule has 0 aromatic heterocycles. The van der Waals surface area contributed by atoms with Crippen LogP contribution in [0.1, 0.15) is 30.4 Å². The summed E-state index contributed by atoms with van der Waals surface area (Å²) < 4.78 is 15.3. The lowest BCUT2D eigenvalue weighted by Gasteiger charge is -2.06. The third kappa shape index (κ3) is 5.67. The Kier molecular flexibility index (Phi) is 7.22. The van der Waals surface area contributed by atoms with Gasteiger partial charge in [-0.15, -0.1) is 0 Å². The van der Waals surface area contributed by atoms with Crippen LogP contribution in [0.2, 0.25) is 5.02 Å². The third-order valence-corrected chi connectivity index (χ3v) is 5.67. The first-order chi connectivity index (χ1) is 10.1. The summed E-state index contributed by atoms with van der Waals surface area (Å²) in [5.74, 6) is -0.152. The number of unbranched alkanes of at least 4 members (excludes halogenated alkanes) is 2. The van der Waals surface area contributed by atoms with Gasteiger partial charge in [0.25, 0.3) is 0 Å². The van der Waals surface area contributed by atoms with Crippen molar-refractivity contribution in [3.63, 3.8) is 0 Å². The Hall–Kier alpha value is 0.120. The van der Waals surface area contributed by atoms with Crippen molar-refractivity contribution in [2.24, 2.45) is 0 Å². The molecule has 0 radical (unpaired) electrons. The van der Waals surface area contributed by atoms with Crippen LogP contribution in [0.25, 0.3) is 0 Å². The van der Waals surface area contributed by atoms with Crippen molar-refractivity contribution < 1.29 is 4.39 Å². The topological polar surface area (TPSA) is 0 Å². The predicted octanol–water partition coefficient (Wildman–Crippen LogP) is 6.64. The Morgan fingerprint density at radius 3 is 1.95 bits per heavy atom. The van der Waals surface area contributed by atoms with Crippen LogP contribution in [-0.4, -0.2) is 0 Å². The summed E-state index contributed by atoms with van der Waals surface area (Å²) in [5.41, 5.74) is 2.62. The Morgan fingerprint density at radius 1 is 0.810 bits per heavy atom. The molecule has 0 spiro atoms. The zero-order valence-electron chi connectivity index (χ0n) is 11.5. The Labute approximate surface area is 157 Å². The molecule has 4 heteroatoms. The molecule has 0 heterocycles. The lowest BCUT2D eigenvalue weighted by Crippen LogP contribution is -1.93. The molecule has 0 saturated heterocycles. The zero-order chi connectivity index (χ0) is 15.2. The van der Waals surface area contributed by atoms with Crippen LogP contribution in [0, 0.1) is 13.0 Å². The highest BCUT2D eigenvalue weighted by Gasteiger charge is 2.03. The van der Waals surface area contributed by atoms with E-state index >= 15 is 0 Å². The van der Waals surface area contributed by atoms with Crippen LogP contribution in [-0.2, 0) is 12.8 Å². The highest BCUT2D eigenvalue weighted by Crippen LogP contribution is 2.21. The molecule has 0 N–H and O–H groups in total. The third-order valence-electron chi connectivity index (χ3n) is 3.42. The van der Waals surface area contributed by atoms with E-state index in [1.807, 2.05) is 18.2 Å². The van der Waals surface area contributed by atoms with E-state index in [9.17, 15) is 4.39 Å². The monoisotopic (exact) mass is 528 g/mol. The Balaban J connectivity index is 1.75. The van der Waals surface area contributed by atoms with Crippen molar-refractivity contribution >= 4 is 56.8 Å². The van der Waals surface area contributed by atoms with Crippen molar-refractivity contribution in [3.8, 4) is 0 Å². The second kappa shape index (κ2) is 8.67. The number of hydrogen-bond acceptors (Lipinski definition) is 0. The molecule has 0 aliphatic heterocycles. The smallest absolute Gasteiger partial charge is 0.124 e. The van der Waals surface area contributed by atoms with Crippen LogP contribution >= 0.6 is 56.8 Å². The van der Waals surface area contributed by atoms with Gasteiger partial charge in [0.1, 0.15) is 5.82 Å². The van der Waals surface area contributed by atoms with Crippen LogP contribution in [0.3, 0.4) is 0 Å². The van der Waals surface area contributed by atoms with Gasteiger partial charge in [-0.3, -0.25) is 0 Å². The second-order valence-corrected chi connectivity index (χ2v) is 7.79. The van der Waals surface area contributed by atoms with Crippen molar-refractivity contribution in [3.05, 3.63) is 65.5 Å². The molecule has 0 aliphatic carbocycles. The first-order valence-corrected chi connectivity index (χ1v) is 9.47. The van der Waals surface area contributed by atoms with E-state index in [4.69, 9.17) is 11.6 Å². The summed E-state index contributed by atoms with van der Waals surface area (Å²) >= 11 is 10.5. The normalized spacial score (nSPS) is 10.9. The van der Waals surface area contributed by atoms with Gasteiger partial charge >= 0.3 is 0 Å². The Morgan fingerprint density at radius 2 is 1.38 bits per heavy atom. The molecule has 21 heavy (non-hydrogen) atoms. The van der Waals surface area contributed by atoms with Crippen LogP contribution in [0.5, 0.6) is 0 Å². The van der Waals surface area contributed by atoms with E-state index in [2.05, 4.69) is 51.2 Å². The van der Waals surface area contributed by atoms with Crippen LogP contribution in [0.15, 0.2) is 36.4 Å². The second-order valence-electron chi connectivity index (χ2n) is 5.03. The molecule has 0 saturated carbocycles. The molecular weight excluding hydrogens is 512 g/mol. The van der Waals surface area contributed by atoms with Crippen molar-refractivity contribution in [2.45, 2.75) is 32.1 Å². The molecule has 2 aromatic rings. The van der Waals surface area contributed by atoms with Gasteiger partial charge in [0.2, 0.25) is 0 Å². The maximum Gasteiger partial charge on any atom is 0.124 e. The molecule has 0 nitrogen and oxygen atoms in total. The predicted molar refractivity (Wildman–Crippen MR) is 105 cm³/mol. The summed E-state index contributed by atoms with van der Waals surface area (Å²) in [7, 11) is 0. The summed E-state index contributed by atoms with van der Waals surface area (Å²) in [5, 5.41) is 0.800. The standard InChI is InChI=1S/C17H16ClFI2/c18-14-8-6-12(16(20)10-14)4-2-1-3-5-13-7-9-15(19)11-17(13)21/h6-11H,1-5H2. The van der Waals surface area contributed by atoms with Gasteiger partial charge in [0.15, 0.2) is 0 Å². The number of rotatable bonds is 6. The highest BCUT2D eigenvalue weighted by atomic mass is 127. The maximum absolute atomic E-state index is 13.0. The molecule has 0 fully saturated rings. The summed E-state index contributed by atoms with van der Waals surface area (Å²) in [6.07, 6.45) is 5.62. The van der Waals surface area contributed by atoms with Gasteiger partial charge in [0.05, 0.1) is 0 Å². The van der Waals surface area contributed by atoms with E-state index in [0.717, 1.165) is 27.9 Å². The lowest BCUT2D eigenvalue weighted by molar-refractivity contribution is 0.624. The van der Waals surface area contributed by atoms with Gasteiger partial charge in [-0.05, 0) is 106 Å². The molecule has 0 unspecified atom stereocenters. The fourth-order valence-corrected chi connectivity index (χ4v) is 4.14. The minimum Gasteiger partial charge on any atom is -0.207 e. The van der Waals surface area contributed by atoms with Gasteiger partial charge in [0, 0.05) is 12.2 Å². The summed E-state index contributed by atoms with van der Waals surface area (Å²) in [6, 6.07) is 11.1. The molecule has 0 amide bonds. The molecule has 112 valence electrons. The van der Waals surface area contributed by atoms with Gasteiger partial charge in [-0.25, -0.2) is 4.39 Å². The van der Waals surface area contributed by atoms with Crippen molar-refractivity contribution in [1.29, 1.82) is 0 Å². The van der Waals surface area contributed by atoms with Crippen molar-refractivity contribution in [1.82, 2.24) is 0 Å². The molecule has 0 bridgehead atoms. The van der Waals surface area contributed by atoms with E-state index in [0.29, 0.717) is 0 Å². The lowest BCUT2D eigenvalue weighted by atomic mass is 10.0. The van der Waals surface area contributed by atoms with Crippen molar-refractivity contribution in [2.75, 3.05) is 0 Å². The highest BCUT2D eigenvalue weighted by molar-refractivity contribution is 14.1. The summed E-state index contributed by atoms with van der Waals surface area (Å²) in [4.78, 5) is 0. The van der Waals surface area contributed by atoms with E-state index in [1.54, 1.807) is 12.1 Å². The number of halogens is 4. The fourth-order valence-electron chi connectivity index (χ4n) is 2.26. The largest absolute Gasteiger partial charge is 0.207 e. The molecule has 0 aliphatic rings. The number of aryl methyl sites for hydroxylation is 2. The zero-order valence-corrected chi connectivity index (χ0v) is 16.6. The number of hydrogen-bond donors (Lipinski definition) is 0. The quantitative estimate of drug-likeness (QED) is 0.291. The first kappa shape index (κ1) is 17.5. The van der Waals surface area contributed by atoms with Gasteiger partial charge < -0.3 is 0 Å². The van der Waals surface area contributed by atoms with Gasteiger partial charge in [-0.1, -0.05) is 30.2 Å². The molecule has 2 aromatic carbocycles. The fraction of sp³-hybridized carbons (Fsp3) is 0.294. The first-order valence-electron chi connectivity index (χ1n) is 6.94. The average Bonchev–Trinajstić information content (AvgIpc) is 2.42. The Bertz CT molecular complexity index is 560. The van der Waals surface area contributed by atoms with E-state index < -0.39 is 0 Å². The van der Waals surface area contributed by atoms with E-state index in [-0.39, 0.29) is 5.82 Å². The van der Waals surface area contributed by atoms with Crippen LogP contribution in [0.4, 0.5) is 4.39 Å². The van der Waals surface area contributed by atoms with E-state index in [1.165, 1.54) is 27.5 Å². The SMILES string of the molecule is Fc1ccc(CCCCCc2ccc(Cl)cc2I)c(I)c1.